The molecule has 0 saturated carbocycles. The molecule has 0 aliphatic heterocycles. The summed E-state index contributed by atoms with van der Waals surface area (Å²) < 4.78 is 69.0. The van der Waals surface area contributed by atoms with Crippen LogP contribution in [-0.4, -0.2) is 41.7 Å². The molecule has 0 aromatic rings. The fraction of sp³-hybridized carbons (Fsp3) is 1.00. The minimum Gasteiger partial charge on any atom is -0.397 e. The summed E-state index contributed by atoms with van der Waals surface area (Å²) >= 11 is 0. The highest BCUT2D eigenvalue weighted by atomic mass is 19.3. The zero-order chi connectivity index (χ0) is 12.0. The van der Waals surface area contributed by atoms with Gasteiger partial charge in [0.25, 0.3) is 0 Å². The third kappa shape index (κ3) is 4.14. The van der Waals surface area contributed by atoms with Gasteiger partial charge >= 0.3 is 18.3 Å². The number of alkyl halides is 6. The van der Waals surface area contributed by atoms with Crippen LogP contribution in [0.4, 0.5) is 26.3 Å². The lowest BCUT2D eigenvalue weighted by atomic mass is 10.2. The highest BCUT2D eigenvalue weighted by Crippen LogP contribution is 2.38. The number of halogens is 6. The van der Waals surface area contributed by atoms with Gasteiger partial charge in [0.15, 0.2) is 0 Å². The third-order valence-corrected chi connectivity index (χ3v) is 0.960. The Kier molecular flexibility index (Phi) is 6.92. The van der Waals surface area contributed by atoms with Crippen LogP contribution in [0.5, 0.6) is 0 Å². The average molecular weight is 228 g/mol. The van der Waals surface area contributed by atoms with Gasteiger partial charge in [-0.2, -0.15) is 17.6 Å². The monoisotopic (exact) mass is 228 g/mol. The Hall–Kier alpha value is -0.500. The summed E-state index contributed by atoms with van der Waals surface area (Å²) in [5.41, 5.74) is 0. The number of rotatable bonds is 3. The van der Waals surface area contributed by atoms with Gasteiger partial charge in [0.2, 0.25) is 0 Å². The van der Waals surface area contributed by atoms with E-state index in [1.54, 1.807) is 6.92 Å². The molecule has 0 unspecified atom stereocenters. The van der Waals surface area contributed by atoms with E-state index in [1.165, 1.54) is 0 Å². The van der Waals surface area contributed by atoms with E-state index >= 15 is 0 Å². The quantitative estimate of drug-likeness (QED) is 0.719. The lowest BCUT2D eigenvalue weighted by molar-refractivity contribution is -0.274. The van der Waals surface area contributed by atoms with Crippen LogP contribution in [0.2, 0.25) is 0 Å². The van der Waals surface area contributed by atoms with Crippen molar-refractivity contribution in [1.82, 2.24) is 0 Å². The second-order valence-corrected chi connectivity index (χ2v) is 2.10. The fourth-order valence-corrected chi connectivity index (χ4v) is 0.265. The Morgan fingerprint density at radius 3 is 1.43 bits per heavy atom. The predicted molar refractivity (Wildman–Crippen MR) is 35.7 cm³/mol. The largest absolute Gasteiger partial charge is 0.397 e. The molecule has 0 saturated heterocycles. The molecule has 0 aromatic heterocycles. The van der Waals surface area contributed by atoms with Gasteiger partial charge < -0.3 is 10.2 Å². The Labute approximate surface area is 76.2 Å². The van der Waals surface area contributed by atoms with Gasteiger partial charge in [-0.15, -0.1) is 0 Å². The van der Waals surface area contributed by atoms with Crippen molar-refractivity contribution >= 4 is 0 Å². The third-order valence-electron chi connectivity index (χ3n) is 0.960. The molecule has 0 aliphatic carbocycles. The lowest BCUT2D eigenvalue weighted by Crippen LogP contribution is -2.48. The predicted octanol–water partition coefficient (Wildman–Crippen LogP) is 1.51. The molecule has 0 spiro atoms. The van der Waals surface area contributed by atoms with Gasteiger partial charge in [0.1, 0.15) is 6.61 Å². The van der Waals surface area contributed by atoms with Gasteiger partial charge in [-0.1, -0.05) is 0 Å². The van der Waals surface area contributed by atoms with Gasteiger partial charge in [-0.05, 0) is 6.92 Å². The van der Waals surface area contributed by atoms with E-state index in [0.717, 1.165) is 0 Å². The number of hydrogen-bond donors (Lipinski definition) is 2. The van der Waals surface area contributed by atoms with Crippen LogP contribution in [0.1, 0.15) is 6.92 Å². The van der Waals surface area contributed by atoms with Crippen molar-refractivity contribution in [1.29, 1.82) is 0 Å². The summed E-state index contributed by atoms with van der Waals surface area (Å²) in [4.78, 5) is 0. The topological polar surface area (TPSA) is 40.5 Å². The van der Waals surface area contributed by atoms with E-state index < -0.39 is 24.9 Å². The fourth-order valence-electron chi connectivity index (χ4n) is 0.265. The van der Waals surface area contributed by atoms with E-state index in [4.69, 9.17) is 10.2 Å². The molecule has 0 amide bonds. The lowest BCUT2D eigenvalue weighted by Gasteiger charge is -2.23. The van der Waals surface area contributed by atoms with E-state index in [2.05, 4.69) is 0 Å². The molecule has 0 atom stereocenters. The van der Waals surface area contributed by atoms with Crippen molar-refractivity contribution in [2.75, 3.05) is 13.2 Å². The average Bonchev–Trinajstić information content (AvgIpc) is 2.05. The van der Waals surface area contributed by atoms with Crippen LogP contribution in [0.25, 0.3) is 0 Å². The first-order chi connectivity index (χ1) is 6.17. The second kappa shape index (κ2) is 6.07. The number of aliphatic hydroxyl groups excluding tert-OH is 2. The first-order valence-corrected chi connectivity index (χ1v) is 3.42. The molecule has 0 aliphatic rings. The maximum atomic E-state index is 11.7. The minimum atomic E-state index is -5.47. The van der Waals surface area contributed by atoms with E-state index in [0.29, 0.717) is 0 Å². The van der Waals surface area contributed by atoms with Crippen molar-refractivity contribution < 1.29 is 36.6 Å². The van der Waals surface area contributed by atoms with Crippen molar-refractivity contribution in [2.24, 2.45) is 0 Å². The maximum absolute atomic E-state index is 11.7. The summed E-state index contributed by atoms with van der Waals surface area (Å²) in [6.07, 6.45) is -4.48. The first kappa shape index (κ1) is 15.9. The molecular weight excluding hydrogens is 218 g/mol. The molecule has 8 heteroatoms. The molecule has 0 aromatic carbocycles. The van der Waals surface area contributed by atoms with Crippen LogP contribution in [0.15, 0.2) is 0 Å². The summed E-state index contributed by atoms with van der Waals surface area (Å²) in [6.45, 7) is -0.371. The Bertz CT molecular complexity index is 149. The zero-order valence-electron chi connectivity index (χ0n) is 7.15. The highest BCUT2D eigenvalue weighted by Gasteiger charge is 2.62. The second-order valence-electron chi connectivity index (χ2n) is 2.10. The van der Waals surface area contributed by atoms with Crippen molar-refractivity contribution in [3.8, 4) is 0 Å². The smallest absolute Gasteiger partial charge is 0.371 e. The van der Waals surface area contributed by atoms with Crippen molar-refractivity contribution in [3.63, 3.8) is 0 Å². The van der Waals surface area contributed by atoms with Crippen LogP contribution in [0, 0.1) is 0 Å². The SMILES string of the molecule is CCO.OCC(F)(F)C(F)(F)C(F)F. The van der Waals surface area contributed by atoms with Gasteiger partial charge in [-0.3, -0.25) is 0 Å². The Balaban J connectivity index is 0. The van der Waals surface area contributed by atoms with E-state index in [1.807, 2.05) is 0 Å². The summed E-state index contributed by atoms with van der Waals surface area (Å²) in [7, 11) is 0. The molecule has 14 heavy (non-hydrogen) atoms. The molecule has 0 heterocycles. The van der Waals surface area contributed by atoms with Gasteiger partial charge in [-0.25, -0.2) is 8.78 Å². The van der Waals surface area contributed by atoms with E-state index in [-0.39, 0.29) is 6.61 Å². The number of aliphatic hydroxyl groups is 2. The Morgan fingerprint density at radius 2 is 1.36 bits per heavy atom. The minimum absolute atomic E-state index is 0.250. The normalized spacial score (nSPS) is 12.4. The van der Waals surface area contributed by atoms with Crippen LogP contribution >= 0.6 is 0 Å². The first-order valence-electron chi connectivity index (χ1n) is 3.42. The molecule has 2 nitrogen and oxygen atoms in total. The highest BCUT2D eigenvalue weighted by molar-refractivity contribution is 4.86. The van der Waals surface area contributed by atoms with Crippen molar-refractivity contribution in [2.45, 2.75) is 25.2 Å². The number of hydrogen-bond acceptors (Lipinski definition) is 2. The van der Waals surface area contributed by atoms with Crippen LogP contribution < -0.4 is 0 Å². The molecule has 2 N–H and O–H groups in total. The summed E-state index contributed by atoms with van der Waals surface area (Å²) in [5, 5.41) is 15.2. The summed E-state index contributed by atoms with van der Waals surface area (Å²) in [5.74, 6) is -10.5. The zero-order valence-corrected chi connectivity index (χ0v) is 7.15. The van der Waals surface area contributed by atoms with Crippen LogP contribution in [0.3, 0.4) is 0 Å². The van der Waals surface area contributed by atoms with Gasteiger partial charge in [0, 0.05) is 6.61 Å². The maximum Gasteiger partial charge on any atom is 0.371 e. The summed E-state index contributed by atoms with van der Waals surface area (Å²) in [6, 6.07) is 0. The van der Waals surface area contributed by atoms with E-state index in [9.17, 15) is 26.3 Å². The molecule has 0 radical (unpaired) electrons. The van der Waals surface area contributed by atoms with Crippen LogP contribution in [-0.2, 0) is 0 Å². The molecule has 0 rings (SSSR count). The standard InChI is InChI=1S/C4H4F6O.C2H6O/c5-2(6)4(9,10)3(7,8)1-11;1-2-3/h2,11H,1H2;3H,2H2,1H3. The molecule has 0 fully saturated rings. The van der Waals surface area contributed by atoms with Gasteiger partial charge in [0.05, 0.1) is 0 Å². The molecule has 0 bridgehead atoms. The molecule has 88 valence electrons. The Morgan fingerprint density at radius 1 is 1.07 bits per heavy atom. The molecular formula is C6H10F6O2. The van der Waals surface area contributed by atoms with Crippen molar-refractivity contribution in [3.05, 3.63) is 0 Å².